The SMILES string of the molecule is CCC/C(C(=O)O)=C(\OC)C(=O)O. The van der Waals surface area contributed by atoms with Gasteiger partial charge in [-0.15, -0.1) is 0 Å². The van der Waals surface area contributed by atoms with Gasteiger partial charge in [0, 0.05) is 0 Å². The van der Waals surface area contributed by atoms with E-state index in [2.05, 4.69) is 4.74 Å². The summed E-state index contributed by atoms with van der Waals surface area (Å²) < 4.78 is 4.49. The fourth-order valence-electron chi connectivity index (χ4n) is 0.907. The summed E-state index contributed by atoms with van der Waals surface area (Å²) in [5.41, 5.74) is -0.197. The van der Waals surface area contributed by atoms with Crippen molar-refractivity contribution in [1.82, 2.24) is 0 Å². The Labute approximate surface area is 75.6 Å². The number of hydrogen-bond donors (Lipinski definition) is 2. The maximum Gasteiger partial charge on any atom is 0.371 e. The first-order valence-electron chi connectivity index (χ1n) is 3.78. The van der Waals surface area contributed by atoms with E-state index in [0.29, 0.717) is 6.42 Å². The fourth-order valence-corrected chi connectivity index (χ4v) is 0.907. The minimum absolute atomic E-state index is 0.185. The molecule has 0 aliphatic heterocycles. The van der Waals surface area contributed by atoms with Crippen LogP contribution in [-0.4, -0.2) is 29.3 Å². The van der Waals surface area contributed by atoms with Crippen LogP contribution in [0.15, 0.2) is 11.3 Å². The van der Waals surface area contributed by atoms with Crippen molar-refractivity contribution in [2.75, 3.05) is 7.11 Å². The van der Waals surface area contributed by atoms with Crippen molar-refractivity contribution < 1.29 is 24.5 Å². The molecule has 5 nitrogen and oxygen atoms in total. The van der Waals surface area contributed by atoms with E-state index in [0.717, 1.165) is 7.11 Å². The van der Waals surface area contributed by atoms with Gasteiger partial charge in [0.15, 0.2) is 0 Å². The monoisotopic (exact) mass is 188 g/mol. The molecule has 0 amide bonds. The number of aliphatic carboxylic acids is 2. The first-order chi connectivity index (χ1) is 6.04. The van der Waals surface area contributed by atoms with Gasteiger partial charge in [0.2, 0.25) is 5.76 Å². The molecule has 0 atom stereocenters. The predicted molar refractivity (Wildman–Crippen MR) is 44.2 cm³/mol. The predicted octanol–water partition coefficient (Wildman–Crippen LogP) is 0.856. The molecular weight excluding hydrogens is 176 g/mol. The van der Waals surface area contributed by atoms with Gasteiger partial charge >= 0.3 is 11.9 Å². The Hall–Kier alpha value is -1.52. The van der Waals surface area contributed by atoms with Crippen molar-refractivity contribution in [3.8, 4) is 0 Å². The number of carboxylic acid groups (broad SMARTS) is 2. The highest BCUT2D eigenvalue weighted by Gasteiger charge is 2.19. The molecule has 0 aliphatic carbocycles. The smallest absolute Gasteiger partial charge is 0.371 e. The molecule has 0 unspecified atom stereocenters. The molecule has 0 bridgehead atoms. The Morgan fingerprint density at radius 2 is 1.77 bits per heavy atom. The van der Waals surface area contributed by atoms with Gasteiger partial charge in [-0.25, -0.2) is 9.59 Å². The fraction of sp³-hybridized carbons (Fsp3) is 0.500. The molecule has 0 aromatic rings. The minimum atomic E-state index is -1.35. The van der Waals surface area contributed by atoms with E-state index in [1.54, 1.807) is 6.92 Å². The Bertz CT molecular complexity index is 241. The molecule has 0 fully saturated rings. The van der Waals surface area contributed by atoms with Crippen molar-refractivity contribution in [2.24, 2.45) is 0 Å². The average molecular weight is 188 g/mol. The average Bonchev–Trinajstić information content (AvgIpc) is 2.03. The number of methoxy groups -OCH3 is 1. The molecule has 0 aromatic heterocycles. The summed E-state index contributed by atoms with van der Waals surface area (Å²) >= 11 is 0. The van der Waals surface area contributed by atoms with Gasteiger partial charge < -0.3 is 14.9 Å². The van der Waals surface area contributed by atoms with Crippen LogP contribution in [0, 0.1) is 0 Å². The summed E-state index contributed by atoms with van der Waals surface area (Å²) in [6.07, 6.45) is 0.743. The standard InChI is InChI=1S/C8H12O5/c1-3-4-5(7(9)10)6(13-2)8(11)12/h3-4H2,1-2H3,(H,9,10)(H,11,12)/b6-5+. The van der Waals surface area contributed by atoms with Crippen molar-refractivity contribution in [2.45, 2.75) is 19.8 Å². The van der Waals surface area contributed by atoms with Crippen LogP contribution in [0.1, 0.15) is 19.8 Å². The normalized spacial score (nSPS) is 11.8. The molecule has 0 aliphatic rings. The molecule has 0 saturated carbocycles. The summed E-state index contributed by atoms with van der Waals surface area (Å²) in [6.45, 7) is 1.76. The van der Waals surface area contributed by atoms with Crippen molar-refractivity contribution in [3.63, 3.8) is 0 Å². The van der Waals surface area contributed by atoms with Gasteiger partial charge in [0.25, 0.3) is 0 Å². The van der Waals surface area contributed by atoms with E-state index in [9.17, 15) is 9.59 Å². The zero-order valence-corrected chi connectivity index (χ0v) is 7.53. The second-order valence-corrected chi connectivity index (χ2v) is 2.37. The Morgan fingerprint density at radius 3 is 2.00 bits per heavy atom. The topological polar surface area (TPSA) is 83.8 Å². The van der Waals surface area contributed by atoms with Gasteiger partial charge in [-0.3, -0.25) is 0 Å². The van der Waals surface area contributed by atoms with E-state index < -0.39 is 17.7 Å². The van der Waals surface area contributed by atoms with Crippen LogP contribution >= 0.6 is 0 Å². The second kappa shape index (κ2) is 5.18. The minimum Gasteiger partial charge on any atom is -0.489 e. The van der Waals surface area contributed by atoms with Gasteiger partial charge in [0.05, 0.1) is 12.7 Å². The van der Waals surface area contributed by atoms with Crippen LogP contribution in [0.4, 0.5) is 0 Å². The molecule has 13 heavy (non-hydrogen) atoms. The van der Waals surface area contributed by atoms with Crippen LogP contribution in [0.5, 0.6) is 0 Å². The maximum absolute atomic E-state index is 10.6. The van der Waals surface area contributed by atoms with Crippen molar-refractivity contribution >= 4 is 11.9 Å². The molecule has 0 saturated heterocycles. The lowest BCUT2D eigenvalue weighted by atomic mass is 10.1. The Morgan fingerprint density at radius 1 is 1.23 bits per heavy atom. The third-order valence-corrected chi connectivity index (χ3v) is 1.43. The molecule has 0 heterocycles. The Balaban J connectivity index is 5.00. The van der Waals surface area contributed by atoms with Gasteiger partial charge in [-0.1, -0.05) is 13.3 Å². The molecule has 5 heteroatoms. The largest absolute Gasteiger partial charge is 0.489 e. The molecule has 2 N–H and O–H groups in total. The molecule has 0 aromatic carbocycles. The summed E-state index contributed by atoms with van der Waals surface area (Å²) in [5, 5.41) is 17.2. The molecule has 0 radical (unpaired) electrons. The van der Waals surface area contributed by atoms with Crippen molar-refractivity contribution in [1.29, 1.82) is 0 Å². The highest BCUT2D eigenvalue weighted by molar-refractivity contribution is 5.97. The van der Waals surface area contributed by atoms with Gasteiger partial charge in [-0.2, -0.15) is 0 Å². The molecule has 0 rings (SSSR count). The van der Waals surface area contributed by atoms with Crippen LogP contribution in [0.25, 0.3) is 0 Å². The molecular formula is C8H12O5. The number of carboxylic acids is 2. The summed E-state index contributed by atoms with van der Waals surface area (Å²) in [4.78, 5) is 21.1. The lowest BCUT2D eigenvalue weighted by molar-refractivity contribution is -0.138. The zero-order chi connectivity index (χ0) is 10.4. The maximum atomic E-state index is 10.6. The van der Waals surface area contributed by atoms with Crippen molar-refractivity contribution in [3.05, 3.63) is 11.3 Å². The number of ether oxygens (including phenoxy) is 1. The summed E-state index contributed by atoms with van der Waals surface area (Å²) in [5.74, 6) is -3.09. The van der Waals surface area contributed by atoms with Crippen LogP contribution in [0.2, 0.25) is 0 Å². The lowest BCUT2D eigenvalue weighted by Gasteiger charge is -2.05. The van der Waals surface area contributed by atoms with E-state index in [4.69, 9.17) is 10.2 Å². The number of hydrogen-bond acceptors (Lipinski definition) is 3. The third-order valence-electron chi connectivity index (χ3n) is 1.43. The third kappa shape index (κ3) is 3.14. The second-order valence-electron chi connectivity index (χ2n) is 2.37. The quantitative estimate of drug-likeness (QED) is 0.493. The number of rotatable bonds is 5. The summed E-state index contributed by atoms with van der Waals surface area (Å²) in [7, 11) is 1.14. The highest BCUT2D eigenvalue weighted by Crippen LogP contribution is 2.12. The van der Waals surface area contributed by atoms with E-state index in [-0.39, 0.29) is 12.0 Å². The zero-order valence-electron chi connectivity index (χ0n) is 7.53. The van der Waals surface area contributed by atoms with Crippen LogP contribution in [-0.2, 0) is 14.3 Å². The summed E-state index contributed by atoms with van der Waals surface area (Å²) in [6, 6.07) is 0. The highest BCUT2D eigenvalue weighted by atomic mass is 16.5. The van der Waals surface area contributed by atoms with E-state index in [1.165, 1.54) is 0 Å². The number of carbonyl (C=O) groups is 2. The Kier molecular flexibility index (Phi) is 4.58. The van der Waals surface area contributed by atoms with Crippen LogP contribution < -0.4 is 0 Å². The van der Waals surface area contributed by atoms with Gasteiger partial charge in [0.1, 0.15) is 0 Å². The van der Waals surface area contributed by atoms with E-state index >= 15 is 0 Å². The molecule has 74 valence electrons. The van der Waals surface area contributed by atoms with E-state index in [1.807, 2.05) is 0 Å². The lowest BCUT2D eigenvalue weighted by Crippen LogP contribution is -2.12. The van der Waals surface area contributed by atoms with Crippen LogP contribution in [0.3, 0.4) is 0 Å². The molecule has 0 spiro atoms. The first-order valence-corrected chi connectivity index (χ1v) is 3.78. The first kappa shape index (κ1) is 11.5. The van der Waals surface area contributed by atoms with Gasteiger partial charge in [-0.05, 0) is 6.42 Å².